The summed E-state index contributed by atoms with van der Waals surface area (Å²) in [4.78, 5) is 15.8. The Morgan fingerprint density at radius 1 is 1.08 bits per heavy atom. The minimum Gasteiger partial charge on any atom is -0.480 e. The Morgan fingerprint density at radius 3 is 2.31 bits per heavy atom. The number of rotatable bonds is 7. The zero-order chi connectivity index (χ0) is 18.4. The summed E-state index contributed by atoms with van der Waals surface area (Å²) in [5.74, 6) is 0.893. The van der Waals surface area contributed by atoms with E-state index >= 15 is 0 Å². The van der Waals surface area contributed by atoms with Crippen LogP contribution in [0.15, 0.2) is 30.3 Å². The third-order valence-electron chi connectivity index (χ3n) is 6.45. The number of benzene rings is 1. The predicted molar refractivity (Wildman–Crippen MR) is 105 cm³/mol. The van der Waals surface area contributed by atoms with Crippen molar-refractivity contribution in [1.82, 2.24) is 9.80 Å². The summed E-state index contributed by atoms with van der Waals surface area (Å²) in [7, 11) is 0. The summed E-state index contributed by atoms with van der Waals surface area (Å²) in [6.45, 7) is 6.57. The van der Waals surface area contributed by atoms with Gasteiger partial charge in [0.1, 0.15) is 0 Å². The number of carbonyl (C=O) groups is 1. The highest BCUT2D eigenvalue weighted by atomic mass is 16.4. The number of carboxylic acids is 1. The minimum atomic E-state index is -0.704. The topological polar surface area (TPSA) is 43.8 Å². The molecule has 0 aromatic heterocycles. The van der Waals surface area contributed by atoms with Crippen LogP contribution in [0.1, 0.15) is 56.9 Å². The molecule has 4 heteroatoms. The van der Waals surface area contributed by atoms with Crippen molar-refractivity contribution >= 4 is 5.97 Å². The van der Waals surface area contributed by atoms with Gasteiger partial charge in [0.2, 0.25) is 0 Å². The number of hydrogen-bond acceptors (Lipinski definition) is 3. The minimum absolute atomic E-state index is 0.185. The van der Waals surface area contributed by atoms with Crippen molar-refractivity contribution in [2.75, 3.05) is 32.7 Å². The number of nitrogens with zero attached hydrogens (tertiary/aromatic N) is 2. The lowest BCUT2D eigenvalue weighted by molar-refractivity contribution is -0.139. The number of hydrogen-bond donors (Lipinski definition) is 1. The quantitative estimate of drug-likeness (QED) is 0.804. The molecule has 4 nitrogen and oxygen atoms in total. The molecule has 1 aromatic carbocycles. The van der Waals surface area contributed by atoms with E-state index < -0.39 is 5.97 Å². The van der Waals surface area contributed by atoms with E-state index in [0.717, 1.165) is 44.3 Å². The van der Waals surface area contributed by atoms with Crippen molar-refractivity contribution in [1.29, 1.82) is 0 Å². The van der Waals surface area contributed by atoms with Gasteiger partial charge in [-0.2, -0.15) is 0 Å². The molecule has 1 aliphatic carbocycles. The Labute approximate surface area is 158 Å². The lowest BCUT2D eigenvalue weighted by atomic mass is 9.78. The summed E-state index contributed by atoms with van der Waals surface area (Å²) in [6, 6.07) is 11.4. The van der Waals surface area contributed by atoms with Crippen LogP contribution >= 0.6 is 0 Å². The molecular weight excluding hydrogens is 324 g/mol. The molecule has 1 saturated heterocycles. The van der Waals surface area contributed by atoms with Crippen LogP contribution in [-0.2, 0) is 4.79 Å². The first-order valence-electron chi connectivity index (χ1n) is 10.4. The second-order valence-corrected chi connectivity index (χ2v) is 8.12. The molecule has 1 aromatic rings. The van der Waals surface area contributed by atoms with E-state index in [1.54, 1.807) is 0 Å². The molecule has 2 aliphatic rings. The third kappa shape index (κ3) is 5.31. The van der Waals surface area contributed by atoms with Gasteiger partial charge < -0.3 is 10.0 Å². The fourth-order valence-corrected chi connectivity index (χ4v) is 4.91. The van der Waals surface area contributed by atoms with Gasteiger partial charge in [-0.05, 0) is 75.6 Å². The largest absolute Gasteiger partial charge is 0.480 e. The molecule has 1 heterocycles. The van der Waals surface area contributed by atoms with Crippen LogP contribution in [0.25, 0.3) is 0 Å². The molecule has 144 valence electrons. The molecule has 0 atom stereocenters. The van der Waals surface area contributed by atoms with Crippen LogP contribution in [0.2, 0.25) is 0 Å². The van der Waals surface area contributed by atoms with Crippen LogP contribution in [0.4, 0.5) is 0 Å². The molecule has 1 N–H and O–H groups in total. The number of aliphatic carboxylic acids is 1. The van der Waals surface area contributed by atoms with Crippen molar-refractivity contribution in [2.24, 2.45) is 5.92 Å². The predicted octanol–water partition coefficient (Wildman–Crippen LogP) is 3.83. The van der Waals surface area contributed by atoms with Gasteiger partial charge in [0, 0.05) is 12.6 Å². The summed E-state index contributed by atoms with van der Waals surface area (Å²) < 4.78 is 0. The van der Waals surface area contributed by atoms with Gasteiger partial charge >= 0.3 is 5.97 Å². The molecule has 0 spiro atoms. The second kappa shape index (κ2) is 9.52. The van der Waals surface area contributed by atoms with Crippen molar-refractivity contribution in [3.05, 3.63) is 35.9 Å². The first kappa shape index (κ1) is 19.4. The van der Waals surface area contributed by atoms with Crippen molar-refractivity contribution in [3.8, 4) is 0 Å². The summed E-state index contributed by atoms with van der Waals surface area (Å²) in [5, 5.41) is 9.07. The average Bonchev–Trinajstić information content (AvgIpc) is 2.68. The van der Waals surface area contributed by atoms with Crippen LogP contribution in [0.3, 0.4) is 0 Å². The molecule has 0 unspecified atom stereocenters. The molecular formula is C22H34N2O2. The fraction of sp³-hybridized carbons (Fsp3) is 0.682. The Morgan fingerprint density at radius 2 is 1.73 bits per heavy atom. The zero-order valence-electron chi connectivity index (χ0n) is 16.1. The number of likely N-dealkylation sites (tertiary alicyclic amines) is 1. The summed E-state index contributed by atoms with van der Waals surface area (Å²) in [6.07, 6.45) is 7.57. The lowest BCUT2D eigenvalue weighted by Crippen LogP contribution is -2.47. The smallest absolute Gasteiger partial charge is 0.317 e. The van der Waals surface area contributed by atoms with E-state index in [-0.39, 0.29) is 6.54 Å². The number of piperidine rings is 1. The van der Waals surface area contributed by atoms with Gasteiger partial charge in [-0.25, -0.2) is 0 Å². The monoisotopic (exact) mass is 358 g/mol. The average molecular weight is 359 g/mol. The Kier molecular flexibility index (Phi) is 7.09. The second-order valence-electron chi connectivity index (χ2n) is 8.12. The highest BCUT2D eigenvalue weighted by Crippen LogP contribution is 2.36. The lowest BCUT2D eigenvalue weighted by Gasteiger charge is -2.39. The maximum Gasteiger partial charge on any atom is 0.317 e. The van der Waals surface area contributed by atoms with Crippen LogP contribution in [0.5, 0.6) is 0 Å². The van der Waals surface area contributed by atoms with Crippen molar-refractivity contribution in [2.45, 2.75) is 57.4 Å². The SMILES string of the molecule is CCN(CC(=O)O)C1CCN(CC2CCC(c3ccccc3)CC2)CC1. The van der Waals surface area contributed by atoms with Crippen LogP contribution in [-0.4, -0.2) is 59.6 Å². The maximum atomic E-state index is 11.0. The van der Waals surface area contributed by atoms with Gasteiger partial charge in [-0.1, -0.05) is 37.3 Å². The third-order valence-corrected chi connectivity index (χ3v) is 6.45. The van der Waals surface area contributed by atoms with E-state index in [9.17, 15) is 4.79 Å². The molecule has 0 bridgehead atoms. The standard InChI is InChI=1S/C22H34N2O2/c1-2-24(17-22(25)26)21-12-14-23(15-13-21)16-18-8-10-20(11-9-18)19-6-4-3-5-7-19/h3-7,18,20-21H,2,8-17H2,1H3,(H,25,26). The van der Waals surface area contributed by atoms with Crippen molar-refractivity contribution in [3.63, 3.8) is 0 Å². The summed E-state index contributed by atoms with van der Waals surface area (Å²) in [5.41, 5.74) is 1.52. The molecule has 1 saturated carbocycles. The highest BCUT2D eigenvalue weighted by Gasteiger charge is 2.28. The fourth-order valence-electron chi connectivity index (χ4n) is 4.91. The number of carboxylic acid groups (broad SMARTS) is 1. The Balaban J connectivity index is 1.39. The normalized spacial score (nSPS) is 25.5. The van der Waals surface area contributed by atoms with Gasteiger partial charge in [-0.3, -0.25) is 9.69 Å². The van der Waals surface area contributed by atoms with E-state index in [1.165, 1.54) is 37.8 Å². The Bertz CT molecular complexity index is 547. The van der Waals surface area contributed by atoms with Crippen LogP contribution in [0, 0.1) is 5.92 Å². The number of likely N-dealkylation sites (N-methyl/N-ethyl adjacent to an activating group) is 1. The van der Waals surface area contributed by atoms with E-state index in [2.05, 4.69) is 47.1 Å². The van der Waals surface area contributed by atoms with Gasteiger partial charge in [0.05, 0.1) is 6.54 Å². The molecule has 1 aliphatic heterocycles. The van der Waals surface area contributed by atoms with E-state index in [1.807, 2.05) is 0 Å². The first-order valence-corrected chi connectivity index (χ1v) is 10.4. The molecule has 3 rings (SSSR count). The molecule has 0 radical (unpaired) electrons. The van der Waals surface area contributed by atoms with Gasteiger partial charge in [-0.15, -0.1) is 0 Å². The van der Waals surface area contributed by atoms with E-state index in [0.29, 0.717) is 6.04 Å². The van der Waals surface area contributed by atoms with E-state index in [4.69, 9.17) is 5.11 Å². The van der Waals surface area contributed by atoms with Gasteiger partial charge in [0.25, 0.3) is 0 Å². The highest BCUT2D eigenvalue weighted by molar-refractivity contribution is 5.69. The molecule has 0 amide bonds. The first-order chi connectivity index (χ1) is 12.7. The summed E-state index contributed by atoms with van der Waals surface area (Å²) >= 11 is 0. The van der Waals surface area contributed by atoms with Gasteiger partial charge in [0.15, 0.2) is 0 Å². The Hall–Kier alpha value is -1.39. The maximum absolute atomic E-state index is 11.0. The molecule has 26 heavy (non-hydrogen) atoms. The van der Waals surface area contributed by atoms with Crippen LogP contribution < -0.4 is 0 Å². The molecule has 2 fully saturated rings. The van der Waals surface area contributed by atoms with Crippen molar-refractivity contribution < 1.29 is 9.90 Å². The zero-order valence-corrected chi connectivity index (χ0v) is 16.1.